The molecule has 0 aliphatic heterocycles. The fraction of sp³-hybridized carbons (Fsp3) is 0.0435. The van der Waals surface area contributed by atoms with Gasteiger partial charge in [0.15, 0.2) is 12.2 Å². The summed E-state index contributed by atoms with van der Waals surface area (Å²) in [7, 11) is 0. The summed E-state index contributed by atoms with van der Waals surface area (Å²) in [6.07, 6.45) is 0. The maximum absolute atomic E-state index is 11.1. The van der Waals surface area contributed by atoms with Gasteiger partial charge < -0.3 is 14.3 Å². The first-order valence-electron chi connectivity index (χ1n) is 8.87. The first-order valence-corrected chi connectivity index (χ1v) is 8.87. The number of benzene rings is 3. The van der Waals surface area contributed by atoms with Gasteiger partial charge in [-0.05, 0) is 53.6 Å². The third-order valence-corrected chi connectivity index (χ3v) is 4.48. The Morgan fingerprint density at radius 2 is 1.77 bits per heavy atom. The van der Waals surface area contributed by atoms with Gasteiger partial charge >= 0.3 is 5.97 Å². The highest BCUT2D eigenvalue weighted by molar-refractivity contribution is 5.91. The average Bonchev–Trinajstić information content (AvgIpc) is 3.19. The summed E-state index contributed by atoms with van der Waals surface area (Å²) in [5, 5.41) is 27.4. The molecule has 30 heavy (non-hydrogen) atoms. The number of carboxylic acid groups (broad SMARTS) is 1. The third-order valence-electron chi connectivity index (χ3n) is 4.48. The van der Waals surface area contributed by atoms with Crippen molar-refractivity contribution in [2.45, 2.75) is 6.61 Å². The lowest BCUT2D eigenvalue weighted by molar-refractivity contribution is 0.0697. The minimum absolute atomic E-state index is 0.0252. The van der Waals surface area contributed by atoms with Crippen LogP contribution in [0.2, 0.25) is 0 Å². The second kappa shape index (κ2) is 7.78. The van der Waals surface area contributed by atoms with E-state index in [1.807, 2.05) is 12.1 Å². The summed E-state index contributed by atoms with van der Waals surface area (Å²) >= 11 is 0. The van der Waals surface area contributed by atoms with Gasteiger partial charge in [0.2, 0.25) is 5.89 Å². The van der Waals surface area contributed by atoms with Crippen LogP contribution in [-0.2, 0) is 6.61 Å². The molecule has 3 aromatic carbocycles. The summed E-state index contributed by atoms with van der Waals surface area (Å²) in [4.78, 5) is 15.4. The normalized spacial score (nSPS) is 10.3. The lowest BCUT2D eigenvalue weighted by atomic mass is 10.0. The van der Waals surface area contributed by atoms with Gasteiger partial charge in [0, 0.05) is 0 Å². The van der Waals surface area contributed by atoms with Crippen molar-refractivity contribution in [3.63, 3.8) is 0 Å². The van der Waals surface area contributed by atoms with Crippen molar-refractivity contribution >= 4 is 17.1 Å². The van der Waals surface area contributed by atoms with Crippen LogP contribution in [0.15, 0.2) is 65.1 Å². The van der Waals surface area contributed by atoms with E-state index >= 15 is 0 Å². The van der Waals surface area contributed by atoms with E-state index in [1.54, 1.807) is 36.4 Å². The molecule has 0 aliphatic carbocycles. The Kier molecular flexibility index (Phi) is 4.86. The molecule has 0 aliphatic rings. The van der Waals surface area contributed by atoms with Crippen molar-refractivity contribution < 1.29 is 19.1 Å². The van der Waals surface area contributed by atoms with Gasteiger partial charge in [-0.3, -0.25) is 0 Å². The molecule has 1 N–H and O–H groups in total. The molecule has 4 rings (SSSR count). The largest absolute Gasteiger partial charge is 0.482 e. The van der Waals surface area contributed by atoms with Crippen molar-refractivity contribution in [3.05, 3.63) is 83.2 Å². The number of hydrogen-bond acceptors (Lipinski definition) is 6. The molecule has 0 saturated heterocycles. The number of aromatic nitrogens is 1. The van der Waals surface area contributed by atoms with Gasteiger partial charge in [-0.25, -0.2) is 9.78 Å². The molecule has 0 atom stereocenters. The van der Waals surface area contributed by atoms with Crippen LogP contribution in [0.3, 0.4) is 0 Å². The maximum atomic E-state index is 11.1. The second-order valence-corrected chi connectivity index (χ2v) is 6.40. The summed E-state index contributed by atoms with van der Waals surface area (Å²) in [6, 6.07) is 20.9. The highest BCUT2D eigenvalue weighted by Crippen LogP contribution is 2.28. The predicted molar refractivity (Wildman–Crippen MR) is 107 cm³/mol. The van der Waals surface area contributed by atoms with E-state index in [0.29, 0.717) is 28.0 Å². The SMILES string of the molecule is N#Cc1ccc(-c2ccc(C#N)c(OCc3nc4ccc(C(=O)O)cc4o3)c2)cc1. The molecule has 0 saturated carbocycles. The fourth-order valence-corrected chi connectivity index (χ4v) is 2.96. The Labute approximate surface area is 171 Å². The minimum Gasteiger partial charge on any atom is -0.482 e. The van der Waals surface area contributed by atoms with E-state index in [0.717, 1.165) is 11.1 Å². The molecule has 0 bridgehead atoms. The number of carbonyl (C=O) groups is 1. The van der Waals surface area contributed by atoms with Crippen LogP contribution in [0.25, 0.3) is 22.2 Å². The molecule has 144 valence electrons. The van der Waals surface area contributed by atoms with Gasteiger partial charge in [-0.1, -0.05) is 18.2 Å². The van der Waals surface area contributed by atoms with Crippen LogP contribution in [-0.4, -0.2) is 16.1 Å². The molecule has 7 heteroatoms. The van der Waals surface area contributed by atoms with Gasteiger partial charge in [-0.15, -0.1) is 0 Å². The van der Waals surface area contributed by atoms with Gasteiger partial charge in [0.1, 0.15) is 17.3 Å². The summed E-state index contributed by atoms with van der Waals surface area (Å²) in [5.41, 5.74) is 3.60. The van der Waals surface area contributed by atoms with Gasteiger partial charge in [0.05, 0.1) is 22.8 Å². The monoisotopic (exact) mass is 395 g/mol. The summed E-state index contributed by atoms with van der Waals surface area (Å²) in [5.74, 6) is -0.419. The van der Waals surface area contributed by atoms with Crippen molar-refractivity contribution in [1.29, 1.82) is 10.5 Å². The topological polar surface area (TPSA) is 120 Å². The van der Waals surface area contributed by atoms with E-state index in [1.165, 1.54) is 12.1 Å². The fourth-order valence-electron chi connectivity index (χ4n) is 2.96. The molecule has 0 amide bonds. The Balaban J connectivity index is 1.59. The number of nitrogens with zero attached hydrogens (tertiary/aromatic N) is 3. The number of aromatic carboxylic acids is 1. The third kappa shape index (κ3) is 3.68. The van der Waals surface area contributed by atoms with Gasteiger partial charge in [0.25, 0.3) is 0 Å². The summed E-state index contributed by atoms with van der Waals surface area (Å²) in [6.45, 7) is -0.0252. The molecule has 4 aromatic rings. The molecular formula is C23H13N3O4. The zero-order chi connectivity index (χ0) is 21.1. The number of oxazole rings is 1. The smallest absolute Gasteiger partial charge is 0.335 e. The molecule has 7 nitrogen and oxygen atoms in total. The Morgan fingerprint density at radius 3 is 2.47 bits per heavy atom. The van der Waals surface area contributed by atoms with Crippen molar-refractivity contribution in [2.75, 3.05) is 0 Å². The number of nitriles is 2. The molecule has 0 fully saturated rings. The molecule has 1 aromatic heterocycles. The van der Waals surface area contributed by atoms with E-state index in [-0.39, 0.29) is 18.1 Å². The lowest BCUT2D eigenvalue weighted by Gasteiger charge is -2.09. The van der Waals surface area contributed by atoms with Crippen molar-refractivity contribution in [3.8, 4) is 29.0 Å². The zero-order valence-electron chi connectivity index (χ0n) is 15.5. The van der Waals surface area contributed by atoms with E-state index in [9.17, 15) is 10.1 Å². The molecule has 0 radical (unpaired) electrons. The first kappa shape index (κ1) is 18.7. The number of fused-ring (bicyclic) bond motifs is 1. The van der Waals surface area contributed by atoms with Crippen LogP contribution >= 0.6 is 0 Å². The summed E-state index contributed by atoms with van der Waals surface area (Å²) < 4.78 is 11.4. The van der Waals surface area contributed by atoms with Crippen LogP contribution in [0.5, 0.6) is 5.75 Å². The number of ether oxygens (including phenoxy) is 1. The standard InChI is InChI=1S/C23H13N3O4/c24-11-14-1-3-15(4-2-14)16-5-6-18(12-25)20(9-16)29-13-22-26-19-8-7-17(23(27)28)10-21(19)30-22/h1-10H,13H2,(H,27,28). The first-order chi connectivity index (χ1) is 14.6. The van der Waals surface area contributed by atoms with Gasteiger partial charge in [-0.2, -0.15) is 10.5 Å². The number of carboxylic acids is 1. The Bertz CT molecular complexity index is 1340. The van der Waals surface area contributed by atoms with E-state index < -0.39 is 5.97 Å². The Hall–Kier alpha value is -4.62. The highest BCUT2D eigenvalue weighted by atomic mass is 16.5. The minimum atomic E-state index is -1.05. The predicted octanol–water partition coefficient (Wildman–Crippen LogP) is 4.52. The molecular weight excluding hydrogens is 382 g/mol. The second-order valence-electron chi connectivity index (χ2n) is 6.40. The average molecular weight is 395 g/mol. The van der Waals surface area contributed by atoms with E-state index in [4.69, 9.17) is 19.5 Å². The van der Waals surface area contributed by atoms with Crippen molar-refractivity contribution in [1.82, 2.24) is 4.98 Å². The number of hydrogen-bond donors (Lipinski definition) is 1. The Morgan fingerprint density at radius 1 is 1.00 bits per heavy atom. The van der Waals surface area contributed by atoms with Crippen LogP contribution in [0, 0.1) is 22.7 Å². The zero-order valence-corrected chi connectivity index (χ0v) is 15.5. The van der Waals surface area contributed by atoms with Crippen LogP contribution < -0.4 is 4.74 Å². The number of rotatable bonds is 5. The lowest BCUT2D eigenvalue weighted by Crippen LogP contribution is -1.98. The molecule has 0 unspecified atom stereocenters. The van der Waals surface area contributed by atoms with Crippen LogP contribution in [0.1, 0.15) is 27.4 Å². The highest BCUT2D eigenvalue weighted by Gasteiger charge is 2.12. The van der Waals surface area contributed by atoms with E-state index in [2.05, 4.69) is 17.1 Å². The molecule has 0 spiro atoms. The quantitative estimate of drug-likeness (QED) is 0.527. The maximum Gasteiger partial charge on any atom is 0.335 e. The molecule has 1 heterocycles. The van der Waals surface area contributed by atoms with Crippen LogP contribution in [0.4, 0.5) is 0 Å². The van der Waals surface area contributed by atoms with Crippen molar-refractivity contribution in [2.24, 2.45) is 0 Å².